The van der Waals surface area contributed by atoms with Crippen molar-refractivity contribution in [2.24, 2.45) is 11.8 Å². The molecule has 1 N–H and O–H groups in total. The first-order valence-corrected chi connectivity index (χ1v) is 5.92. The molecule has 86 valence electrons. The van der Waals surface area contributed by atoms with E-state index in [1.165, 1.54) is 12.0 Å². The van der Waals surface area contributed by atoms with Gasteiger partial charge in [0, 0.05) is 11.6 Å². The van der Waals surface area contributed by atoms with E-state index in [0.29, 0.717) is 17.9 Å². The Morgan fingerprint density at radius 1 is 1.33 bits per heavy atom. The van der Waals surface area contributed by atoms with Crippen LogP contribution in [0.25, 0.3) is 0 Å². The molecule has 0 spiro atoms. The zero-order chi connectivity index (χ0) is 11.3. The molecule has 1 heterocycles. The van der Waals surface area contributed by atoms with Crippen LogP contribution in [-0.2, 0) is 0 Å². The lowest BCUT2D eigenvalue weighted by molar-refractivity contribution is 0.302. The van der Waals surface area contributed by atoms with Crippen molar-refractivity contribution in [2.75, 3.05) is 6.54 Å². The molecule has 15 heavy (non-hydrogen) atoms. The third kappa shape index (κ3) is 3.38. The summed E-state index contributed by atoms with van der Waals surface area (Å²) in [6, 6.07) is 2.48. The zero-order valence-corrected chi connectivity index (χ0v) is 10.3. The summed E-state index contributed by atoms with van der Waals surface area (Å²) < 4.78 is 5.17. The van der Waals surface area contributed by atoms with Gasteiger partial charge in [-0.05, 0) is 30.9 Å². The van der Waals surface area contributed by atoms with E-state index in [1.54, 1.807) is 6.26 Å². The molecule has 0 aliphatic heterocycles. The Morgan fingerprint density at radius 3 is 2.53 bits per heavy atom. The van der Waals surface area contributed by atoms with E-state index in [0.717, 1.165) is 6.54 Å². The summed E-state index contributed by atoms with van der Waals surface area (Å²) in [5.41, 5.74) is 1.27. The predicted octanol–water partition coefficient (Wildman–Crippen LogP) is 3.61. The molecule has 1 aromatic rings. The first kappa shape index (κ1) is 12.3. The summed E-state index contributed by atoms with van der Waals surface area (Å²) in [6.45, 7) is 10.1. The molecule has 0 fully saturated rings. The topological polar surface area (TPSA) is 25.2 Å². The maximum absolute atomic E-state index is 5.17. The van der Waals surface area contributed by atoms with Gasteiger partial charge in [-0.1, -0.05) is 27.7 Å². The highest BCUT2D eigenvalue weighted by Crippen LogP contribution is 2.27. The molecule has 2 unspecified atom stereocenters. The largest absolute Gasteiger partial charge is 0.472 e. The second kappa shape index (κ2) is 5.96. The van der Waals surface area contributed by atoms with Gasteiger partial charge < -0.3 is 9.73 Å². The van der Waals surface area contributed by atoms with Crippen molar-refractivity contribution in [1.29, 1.82) is 0 Å². The Bertz CT molecular complexity index is 254. The Labute approximate surface area is 93.1 Å². The summed E-state index contributed by atoms with van der Waals surface area (Å²) in [6.07, 6.45) is 4.77. The van der Waals surface area contributed by atoms with Crippen LogP contribution in [0.1, 0.15) is 45.7 Å². The van der Waals surface area contributed by atoms with E-state index >= 15 is 0 Å². The average Bonchev–Trinajstić information content (AvgIpc) is 2.71. The van der Waals surface area contributed by atoms with Crippen LogP contribution in [0.2, 0.25) is 0 Å². The number of nitrogens with one attached hydrogen (secondary N) is 1. The fourth-order valence-electron chi connectivity index (χ4n) is 1.74. The van der Waals surface area contributed by atoms with Crippen LogP contribution in [0.15, 0.2) is 23.0 Å². The first-order chi connectivity index (χ1) is 7.16. The smallest absolute Gasteiger partial charge is 0.0950 e. The van der Waals surface area contributed by atoms with Crippen LogP contribution in [0.4, 0.5) is 0 Å². The Kier molecular flexibility index (Phi) is 4.89. The van der Waals surface area contributed by atoms with E-state index in [4.69, 9.17) is 4.42 Å². The van der Waals surface area contributed by atoms with Crippen molar-refractivity contribution in [3.8, 4) is 0 Å². The molecule has 0 aromatic carbocycles. The third-order valence-corrected chi connectivity index (χ3v) is 3.09. The molecule has 0 saturated heterocycles. The van der Waals surface area contributed by atoms with Crippen LogP contribution >= 0.6 is 0 Å². The second-order valence-electron chi connectivity index (χ2n) is 4.59. The van der Waals surface area contributed by atoms with Crippen LogP contribution in [0.5, 0.6) is 0 Å². The highest BCUT2D eigenvalue weighted by atomic mass is 16.3. The number of hydrogen-bond donors (Lipinski definition) is 1. The number of furan rings is 1. The standard InChI is InChI=1S/C13H23NO/c1-5-7-14-13(11(4)10(2)3)12-6-8-15-9-12/h6,8-11,13-14H,5,7H2,1-4H3. The summed E-state index contributed by atoms with van der Waals surface area (Å²) in [7, 11) is 0. The van der Waals surface area contributed by atoms with Gasteiger partial charge in [-0.2, -0.15) is 0 Å². The summed E-state index contributed by atoms with van der Waals surface area (Å²) in [4.78, 5) is 0. The SMILES string of the molecule is CCCNC(c1ccoc1)C(C)C(C)C. The maximum atomic E-state index is 5.17. The van der Waals surface area contributed by atoms with Gasteiger partial charge in [0.25, 0.3) is 0 Å². The molecule has 0 aliphatic rings. The van der Waals surface area contributed by atoms with E-state index in [9.17, 15) is 0 Å². The molecule has 0 radical (unpaired) electrons. The highest BCUT2D eigenvalue weighted by molar-refractivity contribution is 5.12. The molecule has 0 bridgehead atoms. The van der Waals surface area contributed by atoms with E-state index in [-0.39, 0.29) is 0 Å². The fraction of sp³-hybridized carbons (Fsp3) is 0.692. The highest BCUT2D eigenvalue weighted by Gasteiger charge is 2.21. The van der Waals surface area contributed by atoms with Crippen molar-refractivity contribution < 1.29 is 4.42 Å². The molecule has 1 rings (SSSR count). The minimum Gasteiger partial charge on any atom is -0.472 e. The van der Waals surface area contributed by atoms with Crippen LogP contribution in [0.3, 0.4) is 0 Å². The van der Waals surface area contributed by atoms with Gasteiger partial charge in [0.05, 0.1) is 12.5 Å². The molecule has 2 heteroatoms. The van der Waals surface area contributed by atoms with E-state index in [1.807, 2.05) is 6.26 Å². The molecule has 0 aliphatic carbocycles. The van der Waals surface area contributed by atoms with Gasteiger partial charge in [-0.15, -0.1) is 0 Å². The fourth-order valence-corrected chi connectivity index (χ4v) is 1.74. The lowest BCUT2D eigenvalue weighted by Crippen LogP contribution is -2.29. The molecular formula is C13H23NO. The Balaban J connectivity index is 2.69. The summed E-state index contributed by atoms with van der Waals surface area (Å²) >= 11 is 0. The van der Waals surface area contributed by atoms with Crippen LogP contribution < -0.4 is 5.32 Å². The van der Waals surface area contributed by atoms with Crippen molar-refractivity contribution in [1.82, 2.24) is 5.32 Å². The van der Waals surface area contributed by atoms with Gasteiger partial charge in [0.2, 0.25) is 0 Å². The van der Waals surface area contributed by atoms with E-state index < -0.39 is 0 Å². The molecule has 2 atom stereocenters. The van der Waals surface area contributed by atoms with Gasteiger partial charge in [-0.25, -0.2) is 0 Å². The van der Waals surface area contributed by atoms with Crippen LogP contribution in [-0.4, -0.2) is 6.54 Å². The van der Waals surface area contributed by atoms with Crippen molar-refractivity contribution in [3.05, 3.63) is 24.2 Å². The molecule has 1 aromatic heterocycles. The zero-order valence-electron chi connectivity index (χ0n) is 10.3. The van der Waals surface area contributed by atoms with Gasteiger partial charge in [-0.3, -0.25) is 0 Å². The lowest BCUT2D eigenvalue weighted by Gasteiger charge is -2.27. The predicted molar refractivity (Wildman–Crippen MR) is 63.7 cm³/mol. The second-order valence-corrected chi connectivity index (χ2v) is 4.59. The lowest BCUT2D eigenvalue weighted by atomic mass is 9.87. The molecule has 0 amide bonds. The Morgan fingerprint density at radius 2 is 2.07 bits per heavy atom. The summed E-state index contributed by atoms with van der Waals surface area (Å²) in [5, 5.41) is 3.59. The van der Waals surface area contributed by atoms with Gasteiger partial charge in [0.1, 0.15) is 0 Å². The number of hydrogen-bond acceptors (Lipinski definition) is 2. The summed E-state index contributed by atoms with van der Waals surface area (Å²) in [5.74, 6) is 1.29. The minimum absolute atomic E-state index is 0.420. The average molecular weight is 209 g/mol. The van der Waals surface area contributed by atoms with E-state index in [2.05, 4.69) is 39.1 Å². The van der Waals surface area contributed by atoms with Gasteiger partial charge >= 0.3 is 0 Å². The first-order valence-electron chi connectivity index (χ1n) is 5.92. The monoisotopic (exact) mass is 209 g/mol. The maximum Gasteiger partial charge on any atom is 0.0950 e. The molecule has 2 nitrogen and oxygen atoms in total. The molecule has 0 saturated carbocycles. The van der Waals surface area contributed by atoms with Crippen LogP contribution in [0, 0.1) is 11.8 Å². The minimum atomic E-state index is 0.420. The third-order valence-electron chi connectivity index (χ3n) is 3.09. The molecular weight excluding hydrogens is 186 g/mol. The quantitative estimate of drug-likeness (QED) is 0.774. The van der Waals surface area contributed by atoms with Gasteiger partial charge in [0.15, 0.2) is 0 Å². The van der Waals surface area contributed by atoms with Crippen molar-refractivity contribution >= 4 is 0 Å². The Hall–Kier alpha value is -0.760. The normalized spacial score (nSPS) is 15.5. The van der Waals surface area contributed by atoms with Crippen molar-refractivity contribution in [3.63, 3.8) is 0 Å². The van der Waals surface area contributed by atoms with Crippen molar-refractivity contribution in [2.45, 2.75) is 40.2 Å². The number of rotatable bonds is 6.